The second-order valence-electron chi connectivity index (χ2n) is 7.15. The van der Waals surface area contributed by atoms with E-state index in [0.29, 0.717) is 19.3 Å². The van der Waals surface area contributed by atoms with Gasteiger partial charge < -0.3 is 15.2 Å². The zero-order valence-electron chi connectivity index (χ0n) is 16.5. The van der Waals surface area contributed by atoms with Crippen LogP contribution >= 0.6 is 0 Å². The monoisotopic (exact) mass is 434 g/mol. The van der Waals surface area contributed by atoms with Crippen LogP contribution in [0.15, 0.2) is 48.9 Å². The molecule has 0 radical (unpaired) electrons. The maximum Gasteiger partial charge on any atom is 0.271 e. The lowest BCUT2D eigenvalue weighted by molar-refractivity contribution is -0.0891. The van der Waals surface area contributed by atoms with Crippen molar-refractivity contribution >= 4 is 15.9 Å². The Labute approximate surface area is 176 Å². The molecule has 1 aromatic carbocycles. The molecule has 1 aliphatic heterocycles. The van der Waals surface area contributed by atoms with Gasteiger partial charge in [0.1, 0.15) is 11.8 Å². The van der Waals surface area contributed by atoms with E-state index in [9.17, 15) is 18.3 Å². The number of nitrogens with one attached hydrogen (secondary N) is 2. The predicted molar refractivity (Wildman–Crippen MR) is 110 cm³/mol. The molecule has 1 aliphatic rings. The summed E-state index contributed by atoms with van der Waals surface area (Å²) in [6, 6.07) is 8.63. The summed E-state index contributed by atoms with van der Waals surface area (Å²) < 4.78 is 32.9. The highest BCUT2D eigenvalue weighted by atomic mass is 32.2. The SMILES string of the molecule is O=C(N[C@H]1CC[C@H](CCNS(=O)(=O)Cc2ccccc2)O[C@H]1CO)c1cnccn1. The third-order valence-electron chi connectivity index (χ3n) is 4.90. The van der Waals surface area contributed by atoms with Gasteiger partial charge in [0.2, 0.25) is 10.0 Å². The first-order chi connectivity index (χ1) is 14.5. The van der Waals surface area contributed by atoms with Gasteiger partial charge >= 0.3 is 0 Å². The molecule has 0 spiro atoms. The molecule has 0 saturated carbocycles. The third kappa shape index (κ3) is 6.56. The molecular formula is C20H26N4O5S. The Morgan fingerprint density at radius 2 is 2.00 bits per heavy atom. The van der Waals surface area contributed by atoms with Gasteiger partial charge in [-0.15, -0.1) is 0 Å². The van der Waals surface area contributed by atoms with E-state index >= 15 is 0 Å². The fourth-order valence-corrected chi connectivity index (χ4v) is 4.55. The standard InChI is InChI=1S/C20H26N4O5S/c25-13-19-17(24-20(26)18-12-21-10-11-22-18)7-6-16(29-19)8-9-23-30(27,28)14-15-4-2-1-3-5-15/h1-5,10-12,16-17,19,23,25H,6-9,13-14H2,(H,24,26)/t16-,17+,19+/m1/s1. The van der Waals surface area contributed by atoms with Crippen LogP contribution in [0.25, 0.3) is 0 Å². The minimum Gasteiger partial charge on any atom is -0.394 e. The summed E-state index contributed by atoms with van der Waals surface area (Å²) in [6.45, 7) is -0.00371. The van der Waals surface area contributed by atoms with Crippen molar-refractivity contribution in [1.29, 1.82) is 0 Å². The van der Waals surface area contributed by atoms with Crippen LogP contribution in [0.5, 0.6) is 0 Å². The summed E-state index contributed by atoms with van der Waals surface area (Å²) in [7, 11) is -3.44. The lowest BCUT2D eigenvalue weighted by Crippen LogP contribution is -2.51. The van der Waals surface area contributed by atoms with Crippen molar-refractivity contribution in [3.05, 3.63) is 60.2 Å². The van der Waals surface area contributed by atoms with Gasteiger partial charge in [-0.25, -0.2) is 18.1 Å². The molecule has 1 aromatic heterocycles. The van der Waals surface area contributed by atoms with Crippen molar-refractivity contribution in [2.24, 2.45) is 0 Å². The Bertz CT molecular complexity index is 911. The van der Waals surface area contributed by atoms with Crippen molar-refractivity contribution in [1.82, 2.24) is 20.0 Å². The van der Waals surface area contributed by atoms with Gasteiger partial charge in [-0.05, 0) is 24.8 Å². The predicted octanol–water partition coefficient (Wildman–Crippen LogP) is 0.625. The molecule has 0 bridgehead atoms. The zero-order valence-corrected chi connectivity index (χ0v) is 17.3. The van der Waals surface area contributed by atoms with Gasteiger partial charge in [0.25, 0.3) is 5.91 Å². The number of ether oxygens (including phenoxy) is 1. The second kappa shape index (κ2) is 10.6. The molecule has 2 aromatic rings. The average Bonchev–Trinajstić information content (AvgIpc) is 2.75. The number of amides is 1. The summed E-state index contributed by atoms with van der Waals surface area (Å²) in [6.07, 6.45) is 5.25. The number of carbonyl (C=O) groups is 1. The maximum absolute atomic E-state index is 12.3. The van der Waals surface area contributed by atoms with Crippen molar-refractivity contribution < 1.29 is 23.1 Å². The number of hydrogen-bond acceptors (Lipinski definition) is 7. The Kier molecular flexibility index (Phi) is 7.86. The normalized spacial score (nSPS) is 21.8. The van der Waals surface area contributed by atoms with E-state index in [2.05, 4.69) is 20.0 Å². The van der Waals surface area contributed by atoms with Gasteiger partial charge in [0.15, 0.2) is 0 Å². The molecule has 0 unspecified atom stereocenters. The molecule has 3 rings (SSSR count). The minimum absolute atomic E-state index is 0.0743. The summed E-state index contributed by atoms with van der Waals surface area (Å²) in [5.74, 6) is -0.447. The van der Waals surface area contributed by atoms with Crippen molar-refractivity contribution in [3.8, 4) is 0 Å². The van der Waals surface area contributed by atoms with Crippen LogP contribution in [0.2, 0.25) is 0 Å². The summed E-state index contributed by atoms with van der Waals surface area (Å²) >= 11 is 0. The molecule has 2 heterocycles. The largest absolute Gasteiger partial charge is 0.394 e. The van der Waals surface area contributed by atoms with E-state index in [0.717, 1.165) is 5.56 Å². The zero-order chi connectivity index (χ0) is 21.4. The third-order valence-corrected chi connectivity index (χ3v) is 6.25. The maximum atomic E-state index is 12.3. The molecule has 3 atom stereocenters. The highest BCUT2D eigenvalue weighted by molar-refractivity contribution is 7.88. The number of aliphatic hydroxyl groups excluding tert-OH is 1. The van der Waals surface area contributed by atoms with Gasteiger partial charge in [-0.2, -0.15) is 0 Å². The first-order valence-electron chi connectivity index (χ1n) is 9.81. The number of nitrogens with zero attached hydrogens (tertiary/aromatic N) is 2. The Morgan fingerprint density at radius 1 is 1.20 bits per heavy atom. The van der Waals surface area contributed by atoms with E-state index in [-0.39, 0.29) is 42.7 Å². The molecule has 10 heteroatoms. The van der Waals surface area contributed by atoms with Crippen LogP contribution in [-0.2, 0) is 20.5 Å². The first-order valence-corrected chi connectivity index (χ1v) is 11.5. The van der Waals surface area contributed by atoms with E-state index in [1.54, 1.807) is 24.3 Å². The number of aromatic nitrogens is 2. The van der Waals surface area contributed by atoms with Crippen LogP contribution in [0.1, 0.15) is 35.3 Å². The molecule has 3 N–H and O–H groups in total. The van der Waals surface area contributed by atoms with Gasteiger partial charge in [0.05, 0.1) is 30.7 Å². The first kappa shape index (κ1) is 22.3. The van der Waals surface area contributed by atoms with E-state index in [4.69, 9.17) is 4.74 Å². The summed E-state index contributed by atoms with van der Waals surface area (Å²) in [5, 5.41) is 12.5. The van der Waals surface area contributed by atoms with Crippen LogP contribution in [-0.4, -0.2) is 60.8 Å². The number of benzene rings is 1. The van der Waals surface area contributed by atoms with Crippen LogP contribution in [0.3, 0.4) is 0 Å². The highest BCUT2D eigenvalue weighted by Gasteiger charge is 2.32. The number of rotatable bonds is 9. The number of hydrogen-bond donors (Lipinski definition) is 3. The molecule has 9 nitrogen and oxygen atoms in total. The number of aliphatic hydroxyl groups is 1. The fraction of sp³-hybridized carbons (Fsp3) is 0.450. The summed E-state index contributed by atoms with van der Waals surface area (Å²) in [5.41, 5.74) is 0.921. The molecule has 1 saturated heterocycles. The molecule has 1 amide bonds. The molecule has 1 fully saturated rings. The summed E-state index contributed by atoms with van der Waals surface area (Å²) in [4.78, 5) is 20.1. The fourth-order valence-electron chi connectivity index (χ4n) is 3.39. The lowest BCUT2D eigenvalue weighted by Gasteiger charge is -2.36. The smallest absolute Gasteiger partial charge is 0.271 e. The van der Waals surface area contributed by atoms with E-state index in [1.807, 2.05) is 6.07 Å². The Balaban J connectivity index is 1.45. The van der Waals surface area contributed by atoms with E-state index < -0.39 is 16.1 Å². The van der Waals surface area contributed by atoms with Crippen molar-refractivity contribution in [2.45, 2.75) is 43.3 Å². The van der Waals surface area contributed by atoms with Gasteiger partial charge in [0, 0.05) is 18.9 Å². The molecular weight excluding hydrogens is 408 g/mol. The molecule has 30 heavy (non-hydrogen) atoms. The average molecular weight is 435 g/mol. The number of sulfonamides is 1. The Hall–Kier alpha value is -2.40. The van der Waals surface area contributed by atoms with Crippen molar-refractivity contribution in [3.63, 3.8) is 0 Å². The highest BCUT2D eigenvalue weighted by Crippen LogP contribution is 2.22. The lowest BCUT2D eigenvalue weighted by atomic mass is 9.97. The van der Waals surface area contributed by atoms with Crippen LogP contribution in [0, 0.1) is 0 Å². The van der Waals surface area contributed by atoms with E-state index in [1.165, 1.54) is 18.6 Å². The second-order valence-corrected chi connectivity index (χ2v) is 8.96. The minimum atomic E-state index is -3.44. The molecule has 0 aliphatic carbocycles. The quantitative estimate of drug-likeness (QED) is 0.527. The topological polar surface area (TPSA) is 131 Å². The van der Waals surface area contributed by atoms with Crippen LogP contribution < -0.4 is 10.0 Å². The van der Waals surface area contributed by atoms with Crippen molar-refractivity contribution in [2.75, 3.05) is 13.2 Å². The Morgan fingerprint density at radius 3 is 2.70 bits per heavy atom. The van der Waals surface area contributed by atoms with Crippen LogP contribution in [0.4, 0.5) is 0 Å². The van der Waals surface area contributed by atoms with Gasteiger partial charge in [-0.3, -0.25) is 9.78 Å². The van der Waals surface area contributed by atoms with Gasteiger partial charge in [-0.1, -0.05) is 30.3 Å². The number of carbonyl (C=O) groups excluding carboxylic acids is 1. The molecule has 162 valence electrons.